The summed E-state index contributed by atoms with van der Waals surface area (Å²) >= 11 is 1.38. The molecule has 2 N–H and O–H groups in total. The van der Waals surface area contributed by atoms with Crippen molar-refractivity contribution in [2.75, 3.05) is 32.8 Å². The van der Waals surface area contributed by atoms with Crippen LogP contribution in [-0.2, 0) is 4.74 Å². The lowest BCUT2D eigenvalue weighted by molar-refractivity contribution is 0.0531. The molecule has 0 saturated carbocycles. The summed E-state index contributed by atoms with van der Waals surface area (Å²) in [4.78, 5) is 24.6. The van der Waals surface area contributed by atoms with E-state index in [1.807, 2.05) is 20.8 Å². The number of thiazole rings is 1. The van der Waals surface area contributed by atoms with Gasteiger partial charge < -0.3 is 15.4 Å². The normalized spacial score (nSPS) is 20.2. The number of hydrogen-bond donors (Lipinski definition) is 2. The van der Waals surface area contributed by atoms with Crippen LogP contribution in [0.1, 0.15) is 73.9 Å². The van der Waals surface area contributed by atoms with Crippen LogP contribution in [0.25, 0.3) is 0 Å². The Balaban J connectivity index is 2.00. The SMILES string of the molecule is CCNC(=NCC(C)N1CCCC(C)C1)NC(C)c1nc(C)c(C(=O)OCC)s1. The summed E-state index contributed by atoms with van der Waals surface area (Å²) in [6, 6.07) is 0.367. The summed E-state index contributed by atoms with van der Waals surface area (Å²) in [5, 5.41) is 7.60. The highest BCUT2D eigenvalue weighted by Gasteiger charge is 2.22. The van der Waals surface area contributed by atoms with Gasteiger partial charge in [-0.2, -0.15) is 0 Å². The van der Waals surface area contributed by atoms with Gasteiger partial charge in [-0.25, -0.2) is 9.78 Å². The Morgan fingerprint density at radius 1 is 1.41 bits per heavy atom. The van der Waals surface area contributed by atoms with Crippen LogP contribution in [0, 0.1) is 12.8 Å². The van der Waals surface area contributed by atoms with E-state index in [0.29, 0.717) is 23.2 Å². The number of hydrogen-bond acceptors (Lipinski definition) is 6. The molecule has 8 heteroatoms. The molecule has 3 unspecified atom stereocenters. The van der Waals surface area contributed by atoms with Crippen LogP contribution >= 0.6 is 11.3 Å². The smallest absolute Gasteiger partial charge is 0.350 e. The van der Waals surface area contributed by atoms with Gasteiger partial charge >= 0.3 is 5.97 Å². The Bertz CT molecular complexity index is 691. The Kier molecular flexibility index (Phi) is 9.36. The van der Waals surface area contributed by atoms with E-state index in [-0.39, 0.29) is 12.0 Å². The van der Waals surface area contributed by atoms with Gasteiger partial charge in [0.05, 0.1) is 24.9 Å². The number of esters is 1. The van der Waals surface area contributed by atoms with E-state index in [0.717, 1.165) is 43.1 Å². The van der Waals surface area contributed by atoms with Crippen molar-refractivity contribution in [2.24, 2.45) is 10.9 Å². The minimum Gasteiger partial charge on any atom is -0.462 e. The molecule has 0 radical (unpaired) electrons. The molecule has 7 nitrogen and oxygen atoms in total. The van der Waals surface area contributed by atoms with Gasteiger partial charge in [0.15, 0.2) is 5.96 Å². The quantitative estimate of drug-likeness (QED) is 0.379. The van der Waals surface area contributed by atoms with E-state index < -0.39 is 0 Å². The number of carbonyl (C=O) groups is 1. The summed E-state index contributed by atoms with van der Waals surface area (Å²) in [7, 11) is 0. The second-order valence-corrected chi connectivity index (χ2v) is 8.89. The molecule has 2 heterocycles. The van der Waals surface area contributed by atoms with Crippen molar-refractivity contribution in [3.63, 3.8) is 0 Å². The maximum atomic E-state index is 12.1. The van der Waals surface area contributed by atoms with Crippen LogP contribution in [0.5, 0.6) is 0 Å². The monoisotopic (exact) mass is 423 g/mol. The zero-order valence-electron chi connectivity index (χ0n) is 18.7. The van der Waals surface area contributed by atoms with Gasteiger partial charge in [0, 0.05) is 19.1 Å². The van der Waals surface area contributed by atoms with E-state index in [9.17, 15) is 4.79 Å². The number of aliphatic imine (C=N–C) groups is 1. The van der Waals surface area contributed by atoms with Gasteiger partial charge in [-0.15, -0.1) is 11.3 Å². The van der Waals surface area contributed by atoms with Gasteiger partial charge in [-0.3, -0.25) is 9.89 Å². The number of rotatable bonds is 8. The second-order valence-electron chi connectivity index (χ2n) is 7.86. The molecule has 1 saturated heterocycles. The number of likely N-dealkylation sites (tertiary alicyclic amines) is 1. The molecule has 29 heavy (non-hydrogen) atoms. The highest BCUT2D eigenvalue weighted by atomic mass is 32.1. The molecule has 1 aromatic rings. The van der Waals surface area contributed by atoms with E-state index >= 15 is 0 Å². The molecule has 0 aromatic carbocycles. The highest BCUT2D eigenvalue weighted by Crippen LogP contribution is 2.24. The Labute approximate surface area is 179 Å². The number of nitrogens with one attached hydrogen (secondary N) is 2. The summed E-state index contributed by atoms with van der Waals surface area (Å²) in [5.41, 5.74) is 0.715. The molecule has 0 spiro atoms. The van der Waals surface area contributed by atoms with E-state index in [2.05, 4.69) is 41.3 Å². The highest BCUT2D eigenvalue weighted by molar-refractivity contribution is 7.13. The first-order valence-corrected chi connectivity index (χ1v) is 11.6. The number of guanidine groups is 1. The molecule has 1 fully saturated rings. The van der Waals surface area contributed by atoms with Crippen LogP contribution in [0.2, 0.25) is 0 Å². The van der Waals surface area contributed by atoms with Gasteiger partial charge in [0.25, 0.3) is 0 Å². The minimum absolute atomic E-state index is 0.0509. The Morgan fingerprint density at radius 3 is 2.83 bits per heavy atom. The number of carbonyl (C=O) groups excluding carboxylic acids is 1. The Hall–Kier alpha value is -1.67. The number of aryl methyl sites for hydroxylation is 1. The molecule has 0 amide bonds. The molecule has 1 aliphatic rings. The fraction of sp³-hybridized carbons (Fsp3) is 0.762. The maximum absolute atomic E-state index is 12.1. The third kappa shape index (κ3) is 6.96. The van der Waals surface area contributed by atoms with Crippen molar-refractivity contribution in [1.82, 2.24) is 20.5 Å². The predicted molar refractivity (Wildman–Crippen MR) is 120 cm³/mol. The van der Waals surface area contributed by atoms with Gasteiger partial charge in [-0.05, 0) is 59.9 Å². The van der Waals surface area contributed by atoms with Crippen LogP contribution in [0.4, 0.5) is 0 Å². The van der Waals surface area contributed by atoms with E-state index in [1.165, 1.54) is 24.2 Å². The molecule has 0 aliphatic carbocycles. The van der Waals surface area contributed by atoms with Crippen molar-refractivity contribution in [3.05, 3.63) is 15.6 Å². The summed E-state index contributed by atoms with van der Waals surface area (Å²) in [6.45, 7) is 16.6. The number of nitrogens with zero attached hydrogens (tertiary/aromatic N) is 3. The summed E-state index contributed by atoms with van der Waals surface area (Å²) in [6.07, 6.45) is 2.60. The van der Waals surface area contributed by atoms with Gasteiger partial charge in [0.2, 0.25) is 0 Å². The lowest BCUT2D eigenvalue weighted by Gasteiger charge is -2.35. The van der Waals surface area contributed by atoms with Gasteiger partial charge in [0.1, 0.15) is 9.88 Å². The fourth-order valence-corrected chi connectivity index (χ4v) is 4.50. The average molecular weight is 424 g/mol. The molecule has 1 aliphatic heterocycles. The minimum atomic E-state index is -0.300. The fourth-order valence-electron chi connectivity index (χ4n) is 3.54. The zero-order chi connectivity index (χ0) is 21.4. The van der Waals surface area contributed by atoms with Crippen molar-refractivity contribution in [2.45, 2.75) is 66.5 Å². The first-order valence-electron chi connectivity index (χ1n) is 10.8. The van der Waals surface area contributed by atoms with Crippen LogP contribution in [0.3, 0.4) is 0 Å². The standard InChI is InChI=1S/C21H37N5O2S/c1-7-22-21(23-12-15(4)26-11-9-10-14(3)13-26)25-17(6)19-24-16(5)18(29-19)20(27)28-8-2/h14-15,17H,7-13H2,1-6H3,(H2,22,23,25). The van der Waals surface area contributed by atoms with E-state index in [4.69, 9.17) is 9.73 Å². The first-order chi connectivity index (χ1) is 13.8. The molecule has 2 rings (SSSR count). The molecule has 3 atom stereocenters. The van der Waals surface area contributed by atoms with Gasteiger partial charge in [-0.1, -0.05) is 6.92 Å². The summed E-state index contributed by atoms with van der Waals surface area (Å²) in [5.74, 6) is 1.25. The lowest BCUT2D eigenvalue weighted by atomic mass is 9.99. The van der Waals surface area contributed by atoms with Crippen molar-refractivity contribution >= 4 is 23.3 Å². The molecule has 0 bridgehead atoms. The van der Waals surface area contributed by atoms with Crippen molar-refractivity contribution < 1.29 is 9.53 Å². The molecular weight excluding hydrogens is 386 g/mol. The number of piperidine rings is 1. The van der Waals surface area contributed by atoms with Crippen LogP contribution in [0.15, 0.2) is 4.99 Å². The predicted octanol–water partition coefficient (Wildman–Crippen LogP) is 3.36. The van der Waals surface area contributed by atoms with Crippen molar-refractivity contribution in [3.8, 4) is 0 Å². The Morgan fingerprint density at radius 2 is 2.17 bits per heavy atom. The largest absolute Gasteiger partial charge is 0.462 e. The molecule has 1 aromatic heterocycles. The van der Waals surface area contributed by atoms with E-state index in [1.54, 1.807) is 0 Å². The van der Waals surface area contributed by atoms with Crippen LogP contribution in [-0.4, -0.2) is 60.6 Å². The first kappa shape index (κ1) is 23.6. The summed E-state index contributed by atoms with van der Waals surface area (Å²) < 4.78 is 5.12. The molecular formula is C21H37N5O2S. The third-order valence-corrected chi connectivity index (χ3v) is 6.49. The number of ether oxygens (including phenoxy) is 1. The second kappa shape index (κ2) is 11.5. The van der Waals surface area contributed by atoms with Crippen molar-refractivity contribution in [1.29, 1.82) is 0 Å². The third-order valence-electron chi connectivity index (χ3n) is 5.17. The van der Waals surface area contributed by atoms with Crippen LogP contribution < -0.4 is 10.6 Å². The molecule has 164 valence electrons. The average Bonchev–Trinajstić information content (AvgIpc) is 3.08. The maximum Gasteiger partial charge on any atom is 0.350 e. The number of aromatic nitrogens is 1. The topological polar surface area (TPSA) is 78.9 Å². The lowest BCUT2D eigenvalue weighted by Crippen LogP contribution is -2.43. The zero-order valence-corrected chi connectivity index (χ0v) is 19.6.